The molecule has 2 heterocycles. The highest BCUT2D eigenvalue weighted by atomic mass is 79.9. The Bertz CT molecular complexity index is 421. The predicted molar refractivity (Wildman–Crippen MR) is 64.8 cm³/mol. The van der Waals surface area contributed by atoms with Gasteiger partial charge in [0.2, 0.25) is 0 Å². The van der Waals surface area contributed by atoms with E-state index >= 15 is 0 Å². The van der Waals surface area contributed by atoms with Gasteiger partial charge in [-0.1, -0.05) is 6.92 Å². The molecular formula is C10H14BrN3O2. The van der Waals surface area contributed by atoms with Crippen LogP contribution in [0.4, 0.5) is 5.82 Å². The Labute approximate surface area is 102 Å². The maximum atomic E-state index is 11.5. The Balaban J connectivity index is 2.34. The van der Waals surface area contributed by atoms with E-state index in [-0.39, 0.29) is 5.56 Å². The second-order valence-electron chi connectivity index (χ2n) is 3.70. The summed E-state index contributed by atoms with van der Waals surface area (Å²) >= 11 is 3.28. The van der Waals surface area contributed by atoms with Gasteiger partial charge in [-0.2, -0.15) is 0 Å². The number of aromatic nitrogens is 2. The minimum atomic E-state index is -0.147. The van der Waals surface area contributed by atoms with Crippen molar-refractivity contribution in [1.82, 2.24) is 9.97 Å². The molecule has 6 heteroatoms. The zero-order valence-electron chi connectivity index (χ0n) is 9.07. The summed E-state index contributed by atoms with van der Waals surface area (Å²) in [5.41, 5.74) is -0.147. The smallest absolute Gasteiger partial charge is 0.267 e. The van der Waals surface area contributed by atoms with Crippen LogP contribution in [0.25, 0.3) is 0 Å². The summed E-state index contributed by atoms with van der Waals surface area (Å²) in [5, 5.41) is 0. The average molecular weight is 288 g/mol. The average Bonchev–Trinajstić information content (AvgIpc) is 2.33. The van der Waals surface area contributed by atoms with Crippen molar-refractivity contribution in [3.63, 3.8) is 0 Å². The number of ether oxygens (including phenoxy) is 1. The van der Waals surface area contributed by atoms with Gasteiger partial charge in [-0.15, -0.1) is 0 Å². The molecule has 1 aliphatic rings. The van der Waals surface area contributed by atoms with Crippen molar-refractivity contribution in [3.8, 4) is 0 Å². The second-order valence-corrected chi connectivity index (χ2v) is 4.49. The zero-order valence-corrected chi connectivity index (χ0v) is 10.7. The molecule has 1 unspecified atom stereocenters. The number of nitrogens with one attached hydrogen (secondary N) is 1. The molecule has 0 saturated carbocycles. The lowest BCUT2D eigenvalue weighted by atomic mass is 10.2. The first-order valence-electron chi connectivity index (χ1n) is 5.31. The molecule has 1 fully saturated rings. The standard InChI is InChI=1S/C10H14BrN3O2/c1-2-7-5-16-4-3-14(7)9-8(11)10(15)13-6-12-9/h6-7H,2-5H2,1H3,(H,12,13,15). The molecule has 1 aromatic heterocycles. The maximum Gasteiger partial charge on any atom is 0.267 e. The first-order chi connectivity index (χ1) is 7.74. The second kappa shape index (κ2) is 4.97. The van der Waals surface area contributed by atoms with Gasteiger partial charge in [-0.05, 0) is 22.4 Å². The van der Waals surface area contributed by atoms with Gasteiger partial charge in [0.05, 0.1) is 25.6 Å². The van der Waals surface area contributed by atoms with Crippen LogP contribution in [0.5, 0.6) is 0 Å². The fourth-order valence-electron chi connectivity index (χ4n) is 1.85. The van der Waals surface area contributed by atoms with Crippen molar-refractivity contribution in [2.45, 2.75) is 19.4 Å². The molecule has 16 heavy (non-hydrogen) atoms. The molecule has 0 radical (unpaired) electrons. The fraction of sp³-hybridized carbons (Fsp3) is 0.600. The summed E-state index contributed by atoms with van der Waals surface area (Å²) in [5.74, 6) is 0.707. The molecule has 0 amide bonds. The van der Waals surface area contributed by atoms with Gasteiger partial charge in [-0.25, -0.2) is 4.98 Å². The van der Waals surface area contributed by atoms with E-state index in [2.05, 4.69) is 37.7 Å². The van der Waals surface area contributed by atoms with E-state index in [0.29, 0.717) is 29.5 Å². The summed E-state index contributed by atoms with van der Waals surface area (Å²) in [7, 11) is 0. The molecule has 5 nitrogen and oxygen atoms in total. The van der Waals surface area contributed by atoms with Crippen LogP contribution < -0.4 is 10.5 Å². The fourth-order valence-corrected chi connectivity index (χ4v) is 2.29. The number of rotatable bonds is 2. The van der Waals surface area contributed by atoms with Gasteiger partial charge in [-0.3, -0.25) is 4.79 Å². The Kier molecular flexibility index (Phi) is 3.60. The van der Waals surface area contributed by atoms with Crippen LogP contribution >= 0.6 is 15.9 Å². The predicted octanol–water partition coefficient (Wildman–Crippen LogP) is 1.15. The van der Waals surface area contributed by atoms with Crippen LogP contribution in [0, 0.1) is 0 Å². The van der Waals surface area contributed by atoms with Crippen LogP contribution in [-0.2, 0) is 4.74 Å². The van der Waals surface area contributed by atoms with Crippen molar-refractivity contribution in [2.24, 2.45) is 0 Å². The Hall–Kier alpha value is -0.880. The number of anilines is 1. The highest BCUT2D eigenvalue weighted by Gasteiger charge is 2.24. The monoisotopic (exact) mass is 287 g/mol. The first-order valence-corrected chi connectivity index (χ1v) is 6.11. The summed E-state index contributed by atoms with van der Waals surface area (Å²) in [6, 6.07) is 0.291. The number of morpholine rings is 1. The maximum absolute atomic E-state index is 11.5. The molecule has 1 N–H and O–H groups in total. The van der Waals surface area contributed by atoms with Gasteiger partial charge < -0.3 is 14.6 Å². The first kappa shape index (κ1) is 11.6. The molecule has 2 rings (SSSR count). The Morgan fingerprint density at radius 3 is 3.31 bits per heavy atom. The molecule has 1 saturated heterocycles. The Morgan fingerprint density at radius 1 is 1.75 bits per heavy atom. The highest BCUT2D eigenvalue weighted by molar-refractivity contribution is 9.10. The lowest BCUT2D eigenvalue weighted by Crippen LogP contribution is -2.46. The number of hydrogen-bond acceptors (Lipinski definition) is 4. The van der Waals surface area contributed by atoms with Crippen LogP contribution in [-0.4, -0.2) is 35.8 Å². The molecule has 0 spiro atoms. The third kappa shape index (κ3) is 2.12. The summed E-state index contributed by atoms with van der Waals surface area (Å²) in [4.78, 5) is 20.4. The largest absolute Gasteiger partial charge is 0.377 e. The number of hydrogen-bond donors (Lipinski definition) is 1. The molecule has 0 bridgehead atoms. The highest BCUT2D eigenvalue weighted by Crippen LogP contribution is 2.24. The molecule has 1 aromatic rings. The lowest BCUT2D eigenvalue weighted by Gasteiger charge is -2.36. The van der Waals surface area contributed by atoms with Gasteiger partial charge >= 0.3 is 0 Å². The van der Waals surface area contributed by atoms with E-state index < -0.39 is 0 Å². The van der Waals surface area contributed by atoms with E-state index in [1.54, 1.807) is 0 Å². The van der Waals surface area contributed by atoms with Crippen molar-refractivity contribution >= 4 is 21.7 Å². The number of nitrogens with zero attached hydrogens (tertiary/aromatic N) is 2. The topological polar surface area (TPSA) is 58.2 Å². The molecule has 0 aliphatic carbocycles. The molecular weight excluding hydrogens is 274 g/mol. The number of H-pyrrole nitrogens is 1. The van der Waals surface area contributed by atoms with Crippen molar-refractivity contribution in [3.05, 3.63) is 21.2 Å². The summed E-state index contributed by atoms with van der Waals surface area (Å²) < 4.78 is 5.92. The normalized spacial score (nSPS) is 21.1. The minimum Gasteiger partial charge on any atom is -0.377 e. The van der Waals surface area contributed by atoms with E-state index in [0.717, 1.165) is 13.0 Å². The van der Waals surface area contributed by atoms with Crippen LogP contribution in [0.2, 0.25) is 0 Å². The third-order valence-corrected chi connectivity index (χ3v) is 3.46. The quantitative estimate of drug-likeness (QED) is 0.887. The van der Waals surface area contributed by atoms with Crippen LogP contribution in [0.1, 0.15) is 13.3 Å². The van der Waals surface area contributed by atoms with Gasteiger partial charge in [0.1, 0.15) is 4.47 Å². The Morgan fingerprint density at radius 2 is 2.56 bits per heavy atom. The van der Waals surface area contributed by atoms with Crippen LogP contribution in [0.3, 0.4) is 0 Å². The van der Waals surface area contributed by atoms with E-state index in [9.17, 15) is 4.79 Å². The van der Waals surface area contributed by atoms with Crippen LogP contribution in [0.15, 0.2) is 15.6 Å². The molecule has 1 aliphatic heterocycles. The summed E-state index contributed by atoms with van der Waals surface area (Å²) in [6.07, 6.45) is 2.41. The molecule has 0 aromatic carbocycles. The van der Waals surface area contributed by atoms with Gasteiger partial charge in [0.25, 0.3) is 5.56 Å². The SMILES string of the molecule is CCC1COCCN1c1nc[nH]c(=O)c1Br. The summed E-state index contributed by atoms with van der Waals surface area (Å²) in [6.45, 7) is 4.25. The van der Waals surface area contributed by atoms with E-state index in [4.69, 9.17) is 4.74 Å². The van der Waals surface area contributed by atoms with E-state index in [1.807, 2.05) is 0 Å². The lowest BCUT2D eigenvalue weighted by molar-refractivity contribution is 0.0924. The van der Waals surface area contributed by atoms with E-state index in [1.165, 1.54) is 6.33 Å². The van der Waals surface area contributed by atoms with Gasteiger partial charge in [0, 0.05) is 6.54 Å². The van der Waals surface area contributed by atoms with Crippen molar-refractivity contribution in [2.75, 3.05) is 24.7 Å². The third-order valence-electron chi connectivity index (χ3n) is 2.75. The molecule has 1 atom stereocenters. The zero-order chi connectivity index (χ0) is 11.5. The number of aromatic amines is 1. The van der Waals surface area contributed by atoms with Gasteiger partial charge in [0.15, 0.2) is 5.82 Å². The minimum absolute atomic E-state index is 0.147. The van der Waals surface area contributed by atoms with Crippen molar-refractivity contribution in [1.29, 1.82) is 0 Å². The molecule has 88 valence electrons. The van der Waals surface area contributed by atoms with Crippen molar-refractivity contribution < 1.29 is 4.74 Å². The number of halogens is 1.